The molecular formula is C18H15FN2O4S. The number of nitrogens with one attached hydrogen (secondary N) is 1. The van der Waals surface area contributed by atoms with E-state index >= 15 is 0 Å². The first-order valence-corrected chi connectivity index (χ1v) is 9.22. The minimum absolute atomic E-state index is 0.109. The highest BCUT2D eigenvalue weighted by molar-refractivity contribution is 7.92. The van der Waals surface area contributed by atoms with Gasteiger partial charge in [-0.15, -0.1) is 0 Å². The predicted molar refractivity (Wildman–Crippen MR) is 93.6 cm³/mol. The number of oxazole rings is 1. The number of rotatable bonds is 5. The summed E-state index contributed by atoms with van der Waals surface area (Å²) in [6.45, 7) is 1.29. The highest BCUT2D eigenvalue weighted by atomic mass is 32.2. The van der Waals surface area contributed by atoms with Gasteiger partial charge in [0.15, 0.2) is 22.0 Å². The van der Waals surface area contributed by atoms with Gasteiger partial charge in [-0.1, -0.05) is 0 Å². The monoisotopic (exact) mass is 374 g/mol. The fourth-order valence-electron chi connectivity index (χ4n) is 2.29. The van der Waals surface area contributed by atoms with Gasteiger partial charge in [-0.2, -0.15) is 0 Å². The summed E-state index contributed by atoms with van der Waals surface area (Å²) in [7, 11) is -3.92. The van der Waals surface area contributed by atoms with E-state index in [0.29, 0.717) is 11.4 Å². The van der Waals surface area contributed by atoms with Crippen molar-refractivity contribution in [3.63, 3.8) is 0 Å². The molecule has 0 aliphatic heterocycles. The number of carbonyl (C=O) groups is 1. The summed E-state index contributed by atoms with van der Waals surface area (Å²) in [5, 5.41) is 1.23. The summed E-state index contributed by atoms with van der Waals surface area (Å²) in [6, 6.07) is 11.1. The van der Waals surface area contributed by atoms with Crippen LogP contribution in [0.2, 0.25) is 0 Å². The minimum atomic E-state index is -3.92. The number of hydrogen-bond acceptors (Lipinski definition) is 5. The van der Waals surface area contributed by atoms with E-state index in [0.717, 1.165) is 29.8 Å². The highest BCUT2D eigenvalue weighted by Crippen LogP contribution is 2.22. The molecule has 1 N–H and O–H groups in total. The SMILES string of the molecule is CC(C(=O)Nc1ccc(-c2cnco2)cc1)S(=O)(=O)c1ccc(F)cc1. The molecule has 8 heteroatoms. The van der Waals surface area contributed by atoms with E-state index in [2.05, 4.69) is 10.3 Å². The van der Waals surface area contributed by atoms with Crippen LogP contribution in [0, 0.1) is 5.82 Å². The number of nitrogens with zero attached hydrogens (tertiary/aromatic N) is 1. The van der Waals surface area contributed by atoms with Crippen LogP contribution in [-0.4, -0.2) is 24.6 Å². The second-order valence-corrected chi connectivity index (χ2v) is 7.84. The van der Waals surface area contributed by atoms with Crippen LogP contribution >= 0.6 is 0 Å². The number of carbonyl (C=O) groups excluding carboxylic acids is 1. The van der Waals surface area contributed by atoms with Crippen LogP contribution in [0.4, 0.5) is 10.1 Å². The molecule has 1 aromatic heterocycles. The van der Waals surface area contributed by atoms with Crippen molar-refractivity contribution in [3.8, 4) is 11.3 Å². The molecule has 0 aliphatic rings. The topological polar surface area (TPSA) is 89.3 Å². The molecule has 1 atom stereocenters. The third-order valence-electron chi connectivity index (χ3n) is 3.85. The average Bonchev–Trinajstić information content (AvgIpc) is 3.16. The number of hydrogen-bond donors (Lipinski definition) is 1. The van der Waals surface area contributed by atoms with E-state index in [1.165, 1.54) is 13.3 Å². The van der Waals surface area contributed by atoms with Gasteiger partial charge in [0.1, 0.15) is 11.1 Å². The Kier molecular flexibility index (Phi) is 4.85. The quantitative estimate of drug-likeness (QED) is 0.692. The van der Waals surface area contributed by atoms with Gasteiger partial charge in [0.2, 0.25) is 5.91 Å². The van der Waals surface area contributed by atoms with Crippen molar-refractivity contribution in [2.75, 3.05) is 5.32 Å². The second kappa shape index (κ2) is 7.09. The van der Waals surface area contributed by atoms with Gasteiger partial charge >= 0.3 is 0 Å². The van der Waals surface area contributed by atoms with Crippen molar-refractivity contribution in [1.82, 2.24) is 4.98 Å². The van der Waals surface area contributed by atoms with E-state index < -0.39 is 26.8 Å². The van der Waals surface area contributed by atoms with Gasteiger partial charge in [-0.05, 0) is 55.5 Å². The second-order valence-electron chi connectivity index (χ2n) is 5.57. The van der Waals surface area contributed by atoms with Crippen LogP contribution in [-0.2, 0) is 14.6 Å². The van der Waals surface area contributed by atoms with Crippen LogP contribution in [0.3, 0.4) is 0 Å². The van der Waals surface area contributed by atoms with Crippen LogP contribution in [0.15, 0.2) is 70.4 Å². The summed E-state index contributed by atoms with van der Waals surface area (Å²) in [5.74, 6) is -0.648. The fraction of sp³-hybridized carbons (Fsp3) is 0.111. The van der Waals surface area contributed by atoms with Crippen LogP contribution < -0.4 is 5.32 Å². The molecular weight excluding hydrogens is 359 g/mol. The molecule has 0 spiro atoms. The van der Waals surface area contributed by atoms with Crippen molar-refractivity contribution >= 4 is 21.4 Å². The van der Waals surface area contributed by atoms with E-state index in [4.69, 9.17) is 4.42 Å². The Balaban J connectivity index is 1.73. The number of amides is 1. The summed E-state index contributed by atoms with van der Waals surface area (Å²) >= 11 is 0. The van der Waals surface area contributed by atoms with Crippen molar-refractivity contribution in [3.05, 3.63) is 66.9 Å². The lowest BCUT2D eigenvalue weighted by molar-refractivity contribution is -0.115. The molecule has 6 nitrogen and oxygen atoms in total. The number of sulfone groups is 1. The molecule has 1 unspecified atom stereocenters. The lowest BCUT2D eigenvalue weighted by atomic mass is 10.1. The normalized spacial score (nSPS) is 12.5. The molecule has 0 aliphatic carbocycles. The molecule has 1 heterocycles. The Morgan fingerprint density at radius 2 is 1.77 bits per heavy atom. The zero-order chi connectivity index (χ0) is 18.7. The Hall–Kier alpha value is -3.00. The molecule has 26 heavy (non-hydrogen) atoms. The molecule has 1 amide bonds. The van der Waals surface area contributed by atoms with Gasteiger partial charge in [0.05, 0.1) is 11.1 Å². The Morgan fingerprint density at radius 1 is 1.12 bits per heavy atom. The van der Waals surface area contributed by atoms with Gasteiger partial charge in [-0.3, -0.25) is 4.79 Å². The first kappa shape index (κ1) is 17.8. The summed E-state index contributed by atoms with van der Waals surface area (Å²) in [4.78, 5) is 16.0. The standard InChI is InChI=1S/C18H15FN2O4S/c1-12(26(23,24)16-8-4-14(19)5-9-16)18(22)21-15-6-2-13(3-7-15)17-10-20-11-25-17/h2-12H,1H3,(H,21,22). The van der Waals surface area contributed by atoms with Crippen LogP contribution in [0.1, 0.15) is 6.92 Å². The van der Waals surface area contributed by atoms with Gasteiger partial charge < -0.3 is 9.73 Å². The third kappa shape index (κ3) is 3.65. The van der Waals surface area contributed by atoms with Gasteiger partial charge in [-0.25, -0.2) is 17.8 Å². The molecule has 0 saturated carbocycles. The van der Waals surface area contributed by atoms with E-state index in [1.54, 1.807) is 30.5 Å². The van der Waals surface area contributed by atoms with Gasteiger partial charge in [0, 0.05) is 11.3 Å². The lowest BCUT2D eigenvalue weighted by Crippen LogP contribution is -2.32. The Bertz CT molecular complexity index is 998. The number of anilines is 1. The average molecular weight is 374 g/mol. The maximum Gasteiger partial charge on any atom is 0.242 e. The van der Waals surface area contributed by atoms with E-state index in [1.807, 2.05) is 0 Å². The van der Waals surface area contributed by atoms with Crippen molar-refractivity contribution in [1.29, 1.82) is 0 Å². The Labute approximate surface area is 149 Å². The maximum atomic E-state index is 13.0. The van der Waals surface area contributed by atoms with Crippen LogP contribution in [0.5, 0.6) is 0 Å². The first-order chi connectivity index (χ1) is 12.4. The zero-order valence-corrected chi connectivity index (χ0v) is 14.5. The fourth-order valence-corrected chi connectivity index (χ4v) is 3.55. The van der Waals surface area contributed by atoms with Crippen molar-refractivity contribution in [2.24, 2.45) is 0 Å². The minimum Gasteiger partial charge on any atom is -0.444 e. The van der Waals surface area contributed by atoms with Crippen molar-refractivity contribution < 1.29 is 22.0 Å². The van der Waals surface area contributed by atoms with E-state index in [9.17, 15) is 17.6 Å². The molecule has 0 fully saturated rings. The molecule has 2 aromatic carbocycles. The molecule has 0 bridgehead atoms. The number of benzene rings is 2. The van der Waals surface area contributed by atoms with Gasteiger partial charge in [0.25, 0.3) is 0 Å². The first-order valence-electron chi connectivity index (χ1n) is 7.67. The smallest absolute Gasteiger partial charge is 0.242 e. The highest BCUT2D eigenvalue weighted by Gasteiger charge is 2.29. The molecule has 3 rings (SSSR count). The predicted octanol–water partition coefficient (Wildman–Crippen LogP) is 3.28. The zero-order valence-electron chi connectivity index (χ0n) is 13.7. The largest absolute Gasteiger partial charge is 0.444 e. The van der Waals surface area contributed by atoms with Crippen molar-refractivity contribution in [2.45, 2.75) is 17.1 Å². The Morgan fingerprint density at radius 3 is 2.35 bits per heavy atom. The summed E-state index contributed by atoms with van der Waals surface area (Å²) in [6.07, 6.45) is 2.87. The maximum absolute atomic E-state index is 13.0. The number of halogens is 1. The summed E-state index contributed by atoms with van der Waals surface area (Å²) in [5.41, 5.74) is 1.21. The molecule has 0 saturated heterocycles. The van der Waals surface area contributed by atoms with E-state index in [-0.39, 0.29) is 4.90 Å². The summed E-state index contributed by atoms with van der Waals surface area (Å²) < 4.78 is 43.1. The molecule has 3 aromatic rings. The van der Waals surface area contributed by atoms with Crippen LogP contribution in [0.25, 0.3) is 11.3 Å². The molecule has 134 valence electrons. The number of aromatic nitrogens is 1. The lowest BCUT2D eigenvalue weighted by Gasteiger charge is -2.13. The molecule has 0 radical (unpaired) electrons. The third-order valence-corrected chi connectivity index (χ3v) is 5.92.